The summed E-state index contributed by atoms with van der Waals surface area (Å²) < 4.78 is 32.1. The molecule has 2 aromatic carbocycles. The molecule has 1 amide bonds. The van der Waals surface area contributed by atoms with Crippen molar-refractivity contribution in [2.24, 2.45) is 0 Å². The molecule has 174 valence electrons. The van der Waals surface area contributed by atoms with Crippen molar-refractivity contribution in [1.82, 2.24) is 9.21 Å². The molecule has 0 aromatic heterocycles. The summed E-state index contributed by atoms with van der Waals surface area (Å²) in [6.07, 6.45) is 1.01. The highest BCUT2D eigenvalue weighted by molar-refractivity contribution is 7.89. The number of sulfonamides is 1. The van der Waals surface area contributed by atoms with Crippen molar-refractivity contribution in [2.75, 3.05) is 51.3 Å². The fourth-order valence-electron chi connectivity index (χ4n) is 4.04. The van der Waals surface area contributed by atoms with Crippen LogP contribution < -0.4 is 9.64 Å². The Morgan fingerprint density at radius 2 is 1.59 bits per heavy atom. The van der Waals surface area contributed by atoms with E-state index in [2.05, 4.69) is 4.90 Å². The van der Waals surface area contributed by atoms with Crippen molar-refractivity contribution < 1.29 is 17.9 Å². The molecule has 0 bridgehead atoms. The normalized spacial score (nSPS) is 14.6. The van der Waals surface area contributed by atoms with E-state index >= 15 is 0 Å². The molecule has 2 aromatic rings. The van der Waals surface area contributed by atoms with Gasteiger partial charge in [-0.1, -0.05) is 38.1 Å². The van der Waals surface area contributed by atoms with E-state index in [1.165, 1.54) is 4.31 Å². The van der Waals surface area contributed by atoms with Gasteiger partial charge in [-0.05, 0) is 36.2 Å². The second-order valence-corrected chi connectivity index (χ2v) is 9.71. The van der Waals surface area contributed by atoms with Crippen molar-refractivity contribution >= 4 is 21.6 Å². The minimum atomic E-state index is -3.46. The average Bonchev–Trinajstić information content (AvgIpc) is 2.83. The predicted molar refractivity (Wildman–Crippen MR) is 127 cm³/mol. The molecular formula is C24H33N3O4S. The number of amides is 1. The number of hydrogen-bond donors (Lipinski definition) is 0. The lowest BCUT2D eigenvalue weighted by Crippen LogP contribution is -2.48. The molecule has 0 atom stereocenters. The zero-order valence-electron chi connectivity index (χ0n) is 19.2. The van der Waals surface area contributed by atoms with Gasteiger partial charge in [0.25, 0.3) is 0 Å². The molecule has 32 heavy (non-hydrogen) atoms. The first kappa shape index (κ1) is 24.1. The van der Waals surface area contributed by atoms with Crippen LogP contribution in [0.25, 0.3) is 0 Å². The van der Waals surface area contributed by atoms with E-state index in [0.29, 0.717) is 43.9 Å². The maximum absolute atomic E-state index is 12.7. The van der Waals surface area contributed by atoms with E-state index in [0.717, 1.165) is 30.1 Å². The van der Waals surface area contributed by atoms with Gasteiger partial charge in [0, 0.05) is 45.7 Å². The molecular weight excluding hydrogens is 426 g/mol. The Morgan fingerprint density at radius 3 is 2.19 bits per heavy atom. The van der Waals surface area contributed by atoms with Gasteiger partial charge in [-0.25, -0.2) is 8.42 Å². The maximum Gasteiger partial charge on any atom is 0.243 e. The standard InChI is InChI=1S/C24H33N3O4S/c1-4-27(5-2)32(29,30)21-13-10-20(11-14-21)12-15-24(28)26-18-16-25(17-19-26)22-8-6-7-9-23(22)31-3/h6-11,13-14H,4-5,12,15-19H2,1-3H3. The fourth-order valence-corrected chi connectivity index (χ4v) is 5.50. The Balaban J connectivity index is 1.52. The van der Waals surface area contributed by atoms with Crippen molar-refractivity contribution in [2.45, 2.75) is 31.6 Å². The van der Waals surface area contributed by atoms with Crippen LogP contribution in [0, 0.1) is 0 Å². The minimum absolute atomic E-state index is 0.129. The SMILES string of the molecule is CCN(CC)S(=O)(=O)c1ccc(CCC(=O)N2CCN(c3ccccc3OC)CC2)cc1. The number of anilines is 1. The molecule has 1 heterocycles. The highest BCUT2D eigenvalue weighted by Crippen LogP contribution is 2.28. The number of aryl methyl sites for hydroxylation is 1. The third-order valence-electron chi connectivity index (χ3n) is 5.95. The molecule has 0 unspecified atom stereocenters. The Morgan fingerprint density at radius 1 is 0.969 bits per heavy atom. The summed E-state index contributed by atoms with van der Waals surface area (Å²) in [5, 5.41) is 0. The molecule has 1 fully saturated rings. The zero-order valence-corrected chi connectivity index (χ0v) is 20.0. The summed E-state index contributed by atoms with van der Waals surface area (Å²) in [5.74, 6) is 0.975. The van der Waals surface area contributed by atoms with Crippen LogP contribution in [0.4, 0.5) is 5.69 Å². The van der Waals surface area contributed by atoms with Crippen LogP contribution >= 0.6 is 0 Å². The van der Waals surface area contributed by atoms with Crippen LogP contribution in [0.3, 0.4) is 0 Å². The second-order valence-electron chi connectivity index (χ2n) is 7.77. The first-order valence-corrected chi connectivity index (χ1v) is 12.6. The van der Waals surface area contributed by atoms with Crippen molar-refractivity contribution in [3.05, 3.63) is 54.1 Å². The molecule has 8 heteroatoms. The number of methoxy groups -OCH3 is 1. The van der Waals surface area contributed by atoms with Gasteiger partial charge in [-0.3, -0.25) is 4.79 Å². The van der Waals surface area contributed by atoms with Gasteiger partial charge in [0.15, 0.2) is 0 Å². The molecule has 0 spiro atoms. The molecule has 1 saturated heterocycles. The molecule has 7 nitrogen and oxygen atoms in total. The van der Waals surface area contributed by atoms with E-state index in [9.17, 15) is 13.2 Å². The quantitative estimate of drug-likeness (QED) is 0.577. The van der Waals surface area contributed by atoms with Crippen LogP contribution in [-0.2, 0) is 21.2 Å². The molecule has 1 aliphatic heterocycles. The Bertz CT molecular complexity index is 996. The smallest absolute Gasteiger partial charge is 0.243 e. The largest absolute Gasteiger partial charge is 0.495 e. The van der Waals surface area contributed by atoms with Gasteiger partial charge in [0.1, 0.15) is 5.75 Å². The summed E-state index contributed by atoms with van der Waals surface area (Å²) in [6, 6.07) is 14.8. The first-order chi connectivity index (χ1) is 15.4. The highest BCUT2D eigenvalue weighted by Gasteiger charge is 2.23. The summed E-state index contributed by atoms with van der Waals surface area (Å²) >= 11 is 0. The van der Waals surface area contributed by atoms with E-state index in [-0.39, 0.29) is 5.91 Å². The van der Waals surface area contributed by atoms with Gasteiger partial charge in [-0.15, -0.1) is 0 Å². The van der Waals surface area contributed by atoms with Gasteiger partial charge < -0.3 is 14.5 Å². The monoisotopic (exact) mass is 459 g/mol. The number of rotatable bonds is 9. The van der Waals surface area contributed by atoms with Crippen molar-refractivity contribution in [1.29, 1.82) is 0 Å². The van der Waals surface area contributed by atoms with E-state index in [1.807, 2.05) is 55.1 Å². The van der Waals surface area contributed by atoms with Crippen LogP contribution in [0.2, 0.25) is 0 Å². The summed E-state index contributed by atoms with van der Waals surface area (Å²) in [6.45, 7) is 7.44. The third kappa shape index (κ3) is 5.42. The predicted octanol–water partition coefficient (Wildman–Crippen LogP) is 3.01. The molecule has 1 aliphatic rings. The highest BCUT2D eigenvalue weighted by atomic mass is 32.2. The second kappa shape index (κ2) is 10.8. The maximum atomic E-state index is 12.7. The van der Waals surface area contributed by atoms with E-state index in [4.69, 9.17) is 4.74 Å². The van der Waals surface area contributed by atoms with E-state index < -0.39 is 10.0 Å². The number of carbonyl (C=O) groups excluding carboxylic acids is 1. The molecule has 3 rings (SSSR count). The third-order valence-corrected chi connectivity index (χ3v) is 8.02. The van der Waals surface area contributed by atoms with E-state index in [1.54, 1.807) is 19.2 Å². The number of para-hydroxylation sites is 2. The molecule has 0 saturated carbocycles. The van der Waals surface area contributed by atoms with Crippen molar-refractivity contribution in [3.8, 4) is 5.75 Å². The number of carbonyl (C=O) groups is 1. The number of hydrogen-bond acceptors (Lipinski definition) is 5. The Kier molecular flexibility index (Phi) is 8.15. The fraction of sp³-hybridized carbons (Fsp3) is 0.458. The summed E-state index contributed by atoms with van der Waals surface area (Å²) in [4.78, 5) is 17.2. The van der Waals surface area contributed by atoms with Crippen molar-refractivity contribution in [3.63, 3.8) is 0 Å². The zero-order chi connectivity index (χ0) is 23.1. The lowest BCUT2D eigenvalue weighted by Gasteiger charge is -2.36. The summed E-state index contributed by atoms with van der Waals surface area (Å²) in [5.41, 5.74) is 2.02. The van der Waals surface area contributed by atoms with Crippen LogP contribution in [0.5, 0.6) is 5.75 Å². The first-order valence-electron chi connectivity index (χ1n) is 11.2. The van der Waals surface area contributed by atoms with Gasteiger partial charge >= 0.3 is 0 Å². The van der Waals surface area contributed by atoms with Gasteiger partial charge in [0.05, 0.1) is 17.7 Å². The average molecular weight is 460 g/mol. The number of benzene rings is 2. The minimum Gasteiger partial charge on any atom is -0.495 e. The lowest BCUT2D eigenvalue weighted by molar-refractivity contribution is -0.131. The summed E-state index contributed by atoms with van der Waals surface area (Å²) in [7, 11) is -1.78. The molecule has 0 aliphatic carbocycles. The molecule has 0 N–H and O–H groups in total. The van der Waals surface area contributed by atoms with Crippen LogP contribution in [-0.4, -0.2) is 69.9 Å². The number of ether oxygens (including phenoxy) is 1. The number of nitrogens with zero attached hydrogens (tertiary/aromatic N) is 3. The lowest BCUT2D eigenvalue weighted by atomic mass is 10.1. The number of piperazine rings is 1. The van der Waals surface area contributed by atoms with Crippen LogP contribution in [0.15, 0.2) is 53.4 Å². The van der Waals surface area contributed by atoms with Gasteiger partial charge in [-0.2, -0.15) is 4.31 Å². The molecule has 0 radical (unpaired) electrons. The van der Waals surface area contributed by atoms with Crippen LogP contribution in [0.1, 0.15) is 25.8 Å². The topological polar surface area (TPSA) is 70.2 Å². The van der Waals surface area contributed by atoms with Gasteiger partial charge in [0.2, 0.25) is 15.9 Å². The Hall–Kier alpha value is -2.58. The Labute approximate surface area is 191 Å².